The second-order valence-corrected chi connectivity index (χ2v) is 6.59. The number of piperazine rings is 1. The fourth-order valence-electron chi connectivity index (χ4n) is 3.33. The molecule has 1 fully saturated rings. The monoisotopic (exact) mass is 329 g/mol. The molecule has 4 rings (SSSR count). The van der Waals surface area contributed by atoms with Gasteiger partial charge in [-0.15, -0.1) is 0 Å². The Hall–Kier alpha value is -2.81. The highest BCUT2D eigenvalue weighted by atomic mass is 15.5. The molecule has 3 aromatic carbocycles. The van der Waals surface area contributed by atoms with E-state index in [1.54, 1.807) is 0 Å². The Morgan fingerprint density at radius 3 is 2.32 bits per heavy atom. The third-order valence-corrected chi connectivity index (χ3v) is 4.84. The van der Waals surface area contributed by atoms with Crippen molar-refractivity contribution >= 4 is 22.7 Å². The lowest BCUT2D eigenvalue weighted by atomic mass is 10.1. The van der Waals surface area contributed by atoms with Crippen LogP contribution in [0.1, 0.15) is 11.1 Å². The topological polar surface area (TPSA) is 18.8 Å². The predicted octanol–water partition coefficient (Wildman–Crippen LogP) is 4.30. The molecule has 0 unspecified atom stereocenters. The van der Waals surface area contributed by atoms with Gasteiger partial charge in [-0.3, -0.25) is 5.01 Å². The van der Waals surface area contributed by atoms with Crippen LogP contribution in [0.5, 0.6) is 0 Å². The summed E-state index contributed by atoms with van der Waals surface area (Å²) in [5, 5.41) is 9.42. The van der Waals surface area contributed by atoms with E-state index in [1.165, 1.54) is 27.6 Å². The molecule has 0 radical (unpaired) electrons. The molecule has 0 aliphatic carbocycles. The molecule has 0 atom stereocenters. The van der Waals surface area contributed by atoms with Gasteiger partial charge in [-0.05, 0) is 29.8 Å². The summed E-state index contributed by atoms with van der Waals surface area (Å²) < 4.78 is 0. The Kier molecular flexibility index (Phi) is 4.38. The number of aryl methyl sites for hydroxylation is 1. The van der Waals surface area contributed by atoms with Crippen LogP contribution in [0.15, 0.2) is 71.8 Å². The van der Waals surface area contributed by atoms with Crippen molar-refractivity contribution < 1.29 is 0 Å². The van der Waals surface area contributed by atoms with Gasteiger partial charge in [-0.2, -0.15) is 5.10 Å². The van der Waals surface area contributed by atoms with Crippen molar-refractivity contribution in [3.8, 4) is 0 Å². The van der Waals surface area contributed by atoms with Gasteiger partial charge in [0, 0.05) is 24.3 Å². The summed E-state index contributed by atoms with van der Waals surface area (Å²) in [5.41, 5.74) is 3.80. The van der Waals surface area contributed by atoms with Gasteiger partial charge in [-0.1, -0.05) is 60.2 Å². The number of hydrogen-bond acceptors (Lipinski definition) is 3. The highest BCUT2D eigenvalue weighted by Gasteiger charge is 2.15. The van der Waals surface area contributed by atoms with Crippen molar-refractivity contribution in [1.29, 1.82) is 0 Å². The first-order valence-electron chi connectivity index (χ1n) is 8.88. The summed E-state index contributed by atoms with van der Waals surface area (Å²) in [5.74, 6) is 0. The van der Waals surface area contributed by atoms with Crippen LogP contribution < -0.4 is 4.90 Å². The zero-order valence-electron chi connectivity index (χ0n) is 14.6. The minimum atomic E-state index is 0.954. The van der Waals surface area contributed by atoms with Crippen LogP contribution in [-0.4, -0.2) is 37.4 Å². The van der Waals surface area contributed by atoms with Crippen molar-refractivity contribution in [2.75, 3.05) is 31.1 Å². The maximum atomic E-state index is 4.73. The SMILES string of the molecule is Cc1ccc(N2CCN(N=Cc3cccc4ccccc34)CC2)cc1. The largest absolute Gasteiger partial charge is 0.368 e. The second-order valence-electron chi connectivity index (χ2n) is 6.59. The smallest absolute Gasteiger partial charge is 0.0549 e. The normalized spacial score (nSPS) is 15.2. The molecule has 3 heteroatoms. The minimum Gasteiger partial charge on any atom is -0.368 e. The van der Waals surface area contributed by atoms with Crippen LogP contribution in [0.3, 0.4) is 0 Å². The quantitative estimate of drug-likeness (QED) is 0.667. The average Bonchev–Trinajstić information content (AvgIpc) is 2.67. The van der Waals surface area contributed by atoms with Crippen LogP contribution in [-0.2, 0) is 0 Å². The molecular formula is C22H23N3. The van der Waals surface area contributed by atoms with Crippen molar-refractivity contribution in [1.82, 2.24) is 5.01 Å². The maximum Gasteiger partial charge on any atom is 0.0549 e. The molecule has 0 aromatic heterocycles. The Labute approximate surface area is 149 Å². The van der Waals surface area contributed by atoms with E-state index in [-0.39, 0.29) is 0 Å². The zero-order valence-corrected chi connectivity index (χ0v) is 14.6. The number of rotatable bonds is 3. The highest BCUT2D eigenvalue weighted by molar-refractivity contribution is 5.99. The summed E-state index contributed by atoms with van der Waals surface area (Å²) in [4.78, 5) is 2.43. The van der Waals surface area contributed by atoms with Gasteiger partial charge in [0.2, 0.25) is 0 Å². The van der Waals surface area contributed by atoms with E-state index < -0.39 is 0 Å². The lowest BCUT2D eigenvalue weighted by molar-refractivity contribution is 0.272. The fraction of sp³-hybridized carbons (Fsp3) is 0.227. The standard InChI is InChI=1S/C22H23N3/c1-18-9-11-21(12-10-18)24-13-15-25(16-14-24)23-17-20-7-4-6-19-5-2-3-8-22(19)20/h2-12,17H,13-16H2,1H3. The van der Waals surface area contributed by atoms with E-state index in [1.807, 2.05) is 6.21 Å². The fourth-order valence-corrected chi connectivity index (χ4v) is 3.33. The number of benzene rings is 3. The first-order valence-corrected chi connectivity index (χ1v) is 8.88. The Morgan fingerprint density at radius 1 is 0.800 bits per heavy atom. The van der Waals surface area contributed by atoms with Crippen LogP contribution in [0.4, 0.5) is 5.69 Å². The van der Waals surface area contributed by atoms with Crippen LogP contribution in [0.2, 0.25) is 0 Å². The Morgan fingerprint density at radius 2 is 1.52 bits per heavy atom. The van der Waals surface area contributed by atoms with Gasteiger partial charge >= 0.3 is 0 Å². The molecule has 0 spiro atoms. The molecule has 0 amide bonds. The van der Waals surface area contributed by atoms with E-state index >= 15 is 0 Å². The first kappa shape index (κ1) is 15.7. The number of anilines is 1. The van der Waals surface area contributed by atoms with E-state index in [9.17, 15) is 0 Å². The van der Waals surface area contributed by atoms with Gasteiger partial charge < -0.3 is 4.90 Å². The number of fused-ring (bicyclic) bond motifs is 1. The molecule has 126 valence electrons. The van der Waals surface area contributed by atoms with Gasteiger partial charge in [0.15, 0.2) is 0 Å². The number of hydrogen-bond donors (Lipinski definition) is 0. The van der Waals surface area contributed by atoms with Crippen molar-refractivity contribution in [3.63, 3.8) is 0 Å². The Bertz CT molecular complexity index is 870. The molecule has 25 heavy (non-hydrogen) atoms. The first-order chi connectivity index (χ1) is 12.3. The van der Waals surface area contributed by atoms with E-state index in [4.69, 9.17) is 5.10 Å². The third-order valence-electron chi connectivity index (χ3n) is 4.84. The van der Waals surface area contributed by atoms with Crippen molar-refractivity contribution in [3.05, 3.63) is 77.9 Å². The summed E-state index contributed by atoms with van der Waals surface area (Å²) >= 11 is 0. The molecule has 3 nitrogen and oxygen atoms in total. The van der Waals surface area contributed by atoms with E-state index in [0.717, 1.165) is 26.2 Å². The summed E-state index contributed by atoms with van der Waals surface area (Å²) in [6.45, 7) is 6.06. The van der Waals surface area contributed by atoms with Gasteiger partial charge in [-0.25, -0.2) is 0 Å². The third kappa shape index (κ3) is 3.50. The van der Waals surface area contributed by atoms with Crippen LogP contribution >= 0.6 is 0 Å². The van der Waals surface area contributed by atoms with E-state index in [2.05, 4.69) is 83.6 Å². The summed E-state index contributed by atoms with van der Waals surface area (Å²) in [6, 6.07) is 23.6. The second kappa shape index (κ2) is 6.98. The lowest BCUT2D eigenvalue weighted by Gasteiger charge is -2.34. The highest BCUT2D eigenvalue weighted by Crippen LogP contribution is 2.19. The van der Waals surface area contributed by atoms with Gasteiger partial charge in [0.1, 0.15) is 0 Å². The minimum absolute atomic E-state index is 0.954. The van der Waals surface area contributed by atoms with Crippen LogP contribution in [0, 0.1) is 6.92 Å². The van der Waals surface area contributed by atoms with Gasteiger partial charge in [0.05, 0.1) is 19.3 Å². The number of hydrazone groups is 1. The molecule has 1 saturated heterocycles. The summed E-state index contributed by atoms with van der Waals surface area (Å²) in [6.07, 6.45) is 2.00. The average molecular weight is 329 g/mol. The molecule has 1 aliphatic rings. The maximum absolute atomic E-state index is 4.73. The predicted molar refractivity (Wildman–Crippen MR) is 107 cm³/mol. The molecule has 0 N–H and O–H groups in total. The molecule has 3 aromatic rings. The molecule has 1 heterocycles. The molecule has 0 saturated carbocycles. The van der Waals surface area contributed by atoms with Crippen LogP contribution in [0.25, 0.3) is 10.8 Å². The molecule has 1 aliphatic heterocycles. The summed E-state index contributed by atoms with van der Waals surface area (Å²) in [7, 11) is 0. The Balaban J connectivity index is 1.43. The lowest BCUT2D eigenvalue weighted by Crippen LogP contribution is -2.44. The molecular weight excluding hydrogens is 306 g/mol. The number of nitrogens with zero attached hydrogens (tertiary/aromatic N) is 3. The van der Waals surface area contributed by atoms with E-state index in [0.29, 0.717) is 0 Å². The van der Waals surface area contributed by atoms with Crippen molar-refractivity contribution in [2.24, 2.45) is 5.10 Å². The van der Waals surface area contributed by atoms with Crippen molar-refractivity contribution in [2.45, 2.75) is 6.92 Å². The molecule has 0 bridgehead atoms. The zero-order chi connectivity index (χ0) is 17.1. The van der Waals surface area contributed by atoms with Gasteiger partial charge in [0.25, 0.3) is 0 Å².